The molecule has 6 rings (SSSR count). The van der Waals surface area contributed by atoms with E-state index in [0.29, 0.717) is 0 Å². The van der Waals surface area contributed by atoms with Crippen molar-refractivity contribution in [3.63, 3.8) is 0 Å². The van der Waals surface area contributed by atoms with E-state index < -0.39 is 0 Å². The van der Waals surface area contributed by atoms with Gasteiger partial charge >= 0.3 is 0 Å². The molecule has 0 N–H and O–H groups in total. The summed E-state index contributed by atoms with van der Waals surface area (Å²) in [4.78, 5) is 0. The summed E-state index contributed by atoms with van der Waals surface area (Å²) in [5, 5.41) is 6.79. The zero-order valence-electron chi connectivity index (χ0n) is 22.7. The smallest absolute Gasteiger partial charge is 0.0652 e. The minimum absolute atomic E-state index is 1.02. The number of hydrogen-bond donors (Lipinski definition) is 0. The van der Waals surface area contributed by atoms with Gasteiger partial charge in [-0.2, -0.15) is 5.10 Å². The summed E-state index contributed by atoms with van der Waals surface area (Å²) in [6, 6.07) is 58.8. The van der Waals surface area contributed by atoms with Gasteiger partial charge in [-0.3, -0.25) is 0 Å². The minimum Gasteiger partial charge on any atom is -0.234 e. The number of para-hydroxylation sites is 2. The van der Waals surface area contributed by atoms with Crippen molar-refractivity contribution in [2.24, 2.45) is 5.10 Å². The predicted octanol–water partition coefficient (Wildman–Crippen LogP) is 10.1. The Morgan fingerprint density at radius 3 is 1.24 bits per heavy atom. The second kappa shape index (κ2) is 12.6. The Morgan fingerprint density at radius 2 is 0.805 bits per heavy atom. The molecule has 0 spiro atoms. The van der Waals surface area contributed by atoms with Crippen molar-refractivity contribution in [1.29, 1.82) is 0 Å². The van der Waals surface area contributed by atoms with Crippen molar-refractivity contribution in [2.75, 3.05) is 5.01 Å². The third kappa shape index (κ3) is 6.41. The lowest BCUT2D eigenvalue weighted by Crippen LogP contribution is -2.09. The summed E-state index contributed by atoms with van der Waals surface area (Å²) in [7, 11) is 0. The van der Waals surface area contributed by atoms with Crippen molar-refractivity contribution in [3.05, 3.63) is 192 Å². The average molecular weight is 527 g/mol. The topological polar surface area (TPSA) is 15.6 Å². The Kier molecular flexibility index (Phi) is 7.92. The molecule has 2 nitrogen and oxygen atoms in total. The van der Waals surface area contributed by atoms with Gasteiger partial charge in [-0.05, 0) is 69.3 Å². The van der Waals surface area contributed by atoms with Gasteiger partial charge in [0.1, 0.15) is 0 Å². The molecule has 6 aromatic carbocycles. The maximum Gasteiger partial charge on any atom is 0.0652 e. The molecule has 0 heterocycles. The van der Waals surface area contributed by atoms with Crippen molar-refractivity contribution in [1.82, 2.24) is 0 Å². The normalized spacial score (nSPS) is 10.8. The molecular weight excluding hydrogens is 496 g/mol. The molecule has 0 aliphatic heterocycles. The first-order chi connectivity index (χ1) is 20.3. The molecule has 2 heteroatoms. The van der Waals surface area contributed by atoms with Crippen LogP contribution in [0.5, 0.6) is 0 Å². The fraction of sp³-hybridized carbons (Fsp3) is 0. The quantitative estimate of drug-likeness (QED) is 0.109. The summed E-state index contributed by atoms with van der Waals surface area (Å²) < 4.78 is 0. The molecule has 0 fully saturated rings. The summed E-state index contributed by atoms with van der Waals surface area (Å²) in [6.45, 7) is 0. The van der Waals surface area contributed by atoms with Crippen molar-refractivity contribution in [2.45, 2.75) is 0 Å². The van der Waals surface area contributed by atoms with Crippen LogP contribution in [-0.2, 0) is 0 Å². The minimum atomic E-state index is 1.02. The van der Waals surface area contributed by atoms with Gasteiger partial charge in [-0.25, -0.2) is 5.01 Å². The molecular formula is C39H30N2. The van der Waals surface area contributed by atoms with Gasteiger partial charge in [0.05, 0.1) is 17.6 Å². The Morgan fingerprint density at radius 1 is 0.415 bits per heavy atom. The van der Waals surface area contributed by atoms with Crippen molar-refractivity contribution in [3.8, 4) is 11.1 Å². The van der Waals surface area contributed by atoms with Gasteiger partial charge in [0.25, 0.3) is 0 Å². The average Bonchev–Trinajstić information content (AvgIpc) is 3.06. The number of benzene rings is 6. The van der Waals surface area contributed by atoms with Crippen LogP contribution in [0.4, 0.5) is 11.4 Å². The van der Waals surface area contributed by atoms with E-state index >= 15 is 0 Å². The molecule has 41 heavy (non-hydrogen) atoms. The van der Waals surface area contributed by atoms with Crippen LogP contribution in [0.1, 0.15) is 22.3 Å². The third-order valence-corrected chi connectivity index (χ3v) is 6.96. The Balaban J connectivity index is 1.22. The Bertz CT molecular complexity index is 1640. The molecule has 0 aromatic heterocycles. The van der Waals surface area contributed by atoms with Crippen LogP contribution in [0.3, 0.4) is 0 Å². The van der Waals surface area contributed by atoms with E-state index in [-0.39, 0.29) is 0 Å². The summed E-state index contributed by atoms with van der Waals surface area (Å²) >= 11 is 0. The van der Waals surface area contributed by atoms with E-state index in [1.807, 2.05) is 47.6 Å². The maximum absolute atomic E-state index is 4.83. The first-order valence-corrected chi connectivity index (χ1v) is 13.8. The van der Waals surface area contributed by atoms with Crippen molar-refractivity contribution >= 4 is 29.2 Å². The van der Waals surface area contributed by atoms with Crippen LogP contribution < -0.4 is 5.01 Å². The van der Waals surface area contributed by atoms with Crippen LogP contribution >= 0.6 is 0 Å². The SMILES string of the molecule is C(=NN(c1ccccc1)c1ccccc1)c1ccc(-c2ccc(C=C(c3ccccc3)c3ccccc3)cc2)cc1. The predicted molar refractivity (Wildman–Crippen MR) is 174 cm³/mol. The molecule has 0 bridgehead atoms. The number of rotatable bonds is 8. The molecule has 196 valence electrons. The standard InChI is InChI=1S/C39H30N2/c1-5-13-35(14-6-1)39(36-15-7-2-8-16-36)29-31-21-25-33(26-22-31)34-27-23-32(24-28-34)30-40-41(37-17-9-3-10-18-37)38-19-11-4-12-20-38/h1-30H. The second-order valence-corrected chi connectivity index (χ2v) is 9.76. The first kappa shape index (κ1) is 25.8. The maximum atomic E-state index is 4.83. The molecule has 0 aliphatic carbocycles. The van der Waals surface area contributed by atoms with Crippen LogP contribution in [0.15, 0.2) is 175 Å². The number of hydrogen-bond acceptors (Lipinski definition) is 2. The van der Waals surface area contributed by atoms with E-state index in [0.717, 1.165) is 16.9 Å². The van der Waals surface area contributed by atoms with Gasteiger partial charge in [0.2, 0.25) is 0 Å². The van der Waals surface area contributed by atoms with Gasteiger partial charge in [-0.15, -0.1) is 0 Å². The zero-order valence-corrected chi connectivity index (χ0v) is 22.7. The number of hydrazone groups is 1. The van der Waals surface area contributed by atoms with E-state index in [2.05, 4.69) is 140 Å². The van der Waals surface area contributed by atoms with Gasteiger partial charge in [0, 0.05) is 0 Å². The Labute approximate surface area is 242 Å². The van der Waals surface area contributed by atoms with E-state index in [9.17, 15) is 0 Å². The van der Waals surface area contributed by atoms with Gasteiger partial charge in [0.15, 0.2) is 0 Å². The lowest BCUT2D eigenvalue weighted by atomic mass is 9.95. The molecule has 0 unspecified atom stereocenters. The highest BCUT2D eigenvalue weighted by Gasteiger charge is 2.07. The fourth-order valence-corrected chi connectivity index (χ4v) is 4.81. The second-order valence-electron chi connectivity index (χ2n) is 9.76. The third-order valence-electron chi connectivity index (χ3n) is 6.96. The lowest BCUT2D eigenvalue weighted by molar-refractivity contribution is 1.09. The van der Waals surface area contributed by atoms with Gasteiger partial charge < -0.3 is 0 Å². The number of anilines is 2. The largest absolute Gasteiger partial charge is 0.234 e. The molecule has 0 radical (unpaired) electrons. The molecule has 0 atom stereocenters. The summed E-state index contributed by atoms with van der Waals surface area (Å²) in [5.74, 6) is 0. The lowest BCUT2D eigenvalue weighted by Gasteiger charge is -2.19. The zero-order chi connectivity index (χ0) is 27.7. The fourth-order valence-electron chi connectivity index (χ4n) is 4.81. The highest BCUT2D eigenvalue weighted by atomic mass is 15.5. The molecule has 0 saturated carbocycles. The molecule has 6 aromatic rings. The summed E-state index contributed by atoms with van der Waals surface area (Å²) in [6.07, 6.45) is 4.17. The van der Waals surface area contributed by atoms with Gasteiger partial charge in [-0.1, -0.05) is 146 Å². The Hall–Kier alpha value is -5.47. The van der Waals surface area contributed by atoms with E-state index in [1.165, 1.54) is 33.4 Å². The highest BCUT2D eigenvalue weighted by Crippen LogP contribution is 2.28. The monoisotopic (exact) mass is 526 g/mol. The van der Waals surface area contributed by atoms with Crippen LogP contribution in [0.25, 0.3) is 22.8 Å². The van der Waals surface area contributed by atoms with E-state index in [1.54, 1.807) is 0 Å². The number of nitrogens with zero attached hydrogens (tertiary/aromatic N) is 2. The first-order valence-electron chi connectivity index (χ1n) is 13.8. The van der Waals surface area contributed by atoms with Crippen LogP contribution in [0.2, 0.25) is 0 Å². The van der Waals surface area contributed by atoms with Crippen LogP contribution in [-0.4, -0.2) is 6.21 Å². The summed E-state index contributed by atoms with van der Waals surface area (Å²) in [5.41, 5.74) is 10.2. The van der Waals surface area contributed by atoms with E-state index in [4.69, 9.17) is 5.10 Å². The highest BCUT2D eigenvalue weighted by molar-refractivity contribution is 5.91. The molecule has 0 saturated heterocycles. The molecule has 0 aliphatic rings. The molecule has 0 amide bonds. The van der Waals surface area contributed by atoms with Crippen LogP contribution in [0, 0.1) is 0 Å². The van der Waals surface area contributed by atoms with Crippen molar-refractivity contribution < 1.29 is 0 Å².